The van der Waals surface area contributed by atoms with Crippen LogP contribution in [0.2, 0.25) is 0 Å². The number of benzene rings is 3. The second-order valence-corrected chi connectivity index (χ2v) is 6.45. The molecule has 0 radical (unpaired) electrons. The van der Waals surface area contributed by atoms with E-state index in [-0.39, 0.29) is 5.91 Å². The van der Waals surface area contributed by atoms with E-state index >= 15 is 0 Å². The van der Waals surface area contributed by atoms with Crippen LogP contribution in [-0.4, -0.2) is 11.6 Å². The first-order valence-corrected chi connectivity index (χ1v) is 8.92. The van der Waals surface area contributed by atoms with Gasteiger partial charge in [-0.2, -0.15) is 5.10 Å². The summed E-state index contributed by atoms with van der Waals surface area (Å²) in [5, 5.41) is 4.40. The van der Waals surface area contributed by atoms with Crippen molar-refractivity contribution in [3.05, 3.63) is 95.6 Å². The fourth-order valence-electron chi connectivity index (χ4n) is 3.34. The molecule has 3 heteroatoms. The molecule has 0 saturated heterocycles. The fourth-order valence-corrected chi connectivity index (χ4v) is 3.34. The topological polar surface area (TPSA) is 41.5 Å². The molecule has 3 nitrogen and oxygen atoms in total. The van der Waals surface area contributed by atoms with E-state index in [0.717, 1.165) is 41.7 Å². The molecule has 128 valence electrons. The van der Waals surface area contributed by atoms with E-state index in [4.69, 9.17) is 0 Å². The largest absolute Gasteiger partial charge is 0.271 e. The van der Waals surface area contributed by atoms with Crippen LogP contribution in [0.4, 0.5) is 0 Å². The Morgan fingerprint density at radius 3 is 2.27 bits per heavy atom. The Morgan fingerprint density at radius 1 is 0.769 bits per heavy atom. The number of rotatable bonds is 3. The van der Waals surface area contributed by atoms with Gasteiger partial charge in [-0.15, -0.1) is 0 Å². The third kappa shape index (κ3) is 3.42. The van der Waals surface area contributed by atoms with Gasteiger partial charge in [0.2, 0.25) is 0 Å². The van der Waals surface area contributed by atoms with Gasteiger partial charge in [0, 0.05) is 11.1 Å². The van der Waals surface area contributed by atoms with E-state index in [0.29, 0.717) is 5.56 Å². The van der Waals surface area contributed by atoms with Gasteiger partial charge in [-0.05, 0) is 48.1 Å². The second-order valence-electron chi connectivity index (χ2n) is 6.45. The smallest absolute Gasteiger partial charge is 0.267 e. The average Bonchev–Trinajstić information content (AvgIpc) is 2.73. The van der Waals surface area contributed by atoms with Gasteiger partial charge in [0.15, 0.2) is 0 Å². The van der Waals surface area contributed by atoms with Crippen LogP contribution < -0.4 is 5.43 Å². The molecule has 3 aromatic carbocycles. The van der Waals surface area contributed by atoms with Crippen molar-refractivity contribution in [2.45, 2.75) is 19.3 Å². The number of hydrazone groups is 1. The van der Waals surface area contributed by atoms with Crippen molar-refractivity contribution < 1.29 is 4.79 Å². The summed E-state index contributed by atoms with van der Waals surface area (Å²) >= 11 is 0. The SMILES string of the molecule is O=C(N/N=C1/CCCc2ccccc21)c1ccc(-c2ccccc2)cc1. The summed E-state index contributed by atoms with van der Waals surface area (Å²) in [5.74, 6) is -0.180. The van der Waals surface area contributed by atoms with Crippen LogP contribution in [0.1, 0.15) is 34.3 Å². The van der Waals surface area contributed by atoms with Crippen molar-refractivity contribution in [1.29, 1.82) is 0 Å². The van der Waals surface area contributed by atoms with E-state index in [9.17, 15) is 4.79 Å². The minimum Gasteiger partial charge on any atom is -0.267 e. The van der Waals surface area contributed by atoms with Crippen LogP contribution in [0.3, 0.4) is 0 Å². The summed E-state index contributed by atoms with van der Waals surface area (Å²) in [6.07, 6.45) is 3.03. The Morgan fingerprint density at radius 2 is 1.46 bits per heavy atom. The number of hydrogen-bond donors (Lipinski definition) is 1. The first kappa shape index (κ1) is 16.3. The highest BCUT2D eigenvalue weighted by molar-refractivity contribution is 6.04. The molecule has 1 amide bonds. The van der Waals surface area contributed by atoms with Crippen LogP contribution in [0.5, 0.6) is 0 Å². The molecule has 0 atom stereocenters. The Kier molecular flexibility index (Phi) is 4.61. The summed E-state index contributed by atoms with van der Waals surface area (Å²) in [6.45, 7) is 0. The molecule has 0 aromatic heterocycles. The number of fused-ring (bicyclic) bond motifs is 1. The third-order valence-electron chi connectivity index (χ3n) is 4.73. The number of nitrogens with zero attached hydrogens (tertiary/aromatic N) is 1. The highest BCUT2D eigenvalue weighted by atomic mass is 16.2. The summed E-state index contributed by atoms with van der Waals surface area (Å²) in [5.41, 5.74) is 8.97. The quantitative estimate of drug-likeness (QED) is 0.682. The molecule has 0 saturated carbocycles. The monoisotopic (exact) mass is 340 g/mol. The second kappa shape index (κ2) is 7.36. The summed E-state index contributed by atoms with van der Waals surface area (Å²) in [7, 11) is 0. The molecular formula is C23H20N2O. The first-order valence-electron chi connectivity index (χ1n) is 8.92. The molecule has 4 rings (SSSR count). The standard InChI is InChI=1S/C23H20N2O/c26-23(20-15-13-18(14-16-20)17-7-2-1-3-8-17)25-24-22-12-6-10-19-9-4-5-11-21(19)22/h1-5,7-9,11,13-16H,6,10,12H2,(H,25,26)/b24-22-. The van der Waals surface area contributed by atoms with Gasteiger partial charge in [-0.3, -0.25) is 4.79 Å². The number of amides is 1. The van der Waals surface area contributed by atoms with Crippen molar-refractivity contribution >= 4 is 11.6 Å². The zero-order valence-electron chi connectivity index (χ0n) is 14.5. The van der Waals surface area contributed by atoms with Gasteiger partial charge in [-0.1, -0.05) is 66.7 Å². The number of aryl methyl sites for hydroxylation is 1. The normalized spacial score (nSPS) is 14.7. The zero-order chi connectivity index (χ0) is 17.8. The maximum atomic E-state index is 12.4. The molecule has 0 bridgehead atoms. The molecule has 0 fully saturated rings. The Bertz CT molecular complexity index is 943. The molecule has 1 N–H and O–H groups in total. The molecule has 26 heavy (non-hydrogen) atoms. The summed E-state index contributed by atoms with van der Waals surface area (Å²) in [4.78, 5) is 12.4. The van der Waals surface area contributed by atoms with Gasteiger partial charge in [0.25, 0.3) is 5.91 Å². The Hall–Kier alpha value is -3.20. The lowest BCUT2D eigenvalue weighted by Crippen LogP contribution is -2.22. The van der Waals surface area contributed by atoms with Gasteiger partial charge in [0.05, 0.1) is 5.71 Å². The van der Waals surface area contributed by atoms with Gasteiger partial charge in [0.1, 0.15) is 0 Å². The number of carbonyl (C=O) groups excluding carboxylic acids is 1. The van der Waals surface area contributed by atoms with E-state index in [1.54, 1.807) is 0 Å². The fraction of sp³-hybridized carbons (Fsp3) is 0.130. The molecule has 0 aliphatic heterocycles. The molecule has 0 unspecified atom stereocenters. The minimum absolute atomic E-state index is 0.180. The van der Waals surface area contributed by atoms with Crippen molar-refractivity contribution in [2.75, 3.05) is 0 Å². The number of carbonyl (C=O) groups is 1. The molecule has 0 heterocycles. The summed E-state index contributed by atoms with van der Waals surface area (Å²) in [6, 6.07) is 26.0. The lowest BCUT2D eigenvalue weighted by atomic mass is 9.90. The van der Waals surface area contributed by atoms with Crippen LogP contribution >= 0.6 is 0 Å². The lowest BCUT2D eigenvalue weighted by molar-refractivity contribution is 0.0955. The molecule has 1 aliphatic carbocycles. The first-order chi connectivity index (χ1) is 12.8. The van der Waals surface area contributed by atoms with Crippen LogP contribution in [0.15, 0.2) is 84.0 Å². The third-order valence-corrected chi connectivity index (χ3v) is 4.73. The molecule has 1 aliphatic rings. The van der Waals surface area contributed by atoms with E-state index < -0.39 is 0 Å². The van der Waals surface area contributed by atoms with Crippen LogP contribution in [0, 0.1) is 0 Å². The van der Waals surface area contributed by atoms with Gasteiger partial charge >= 0.3 is 0 Å². The van der Waals surface area contributed by atoms with Gasteiger partial charge < -0.3 is 0 Å². The maximum absolute atomic E-state index is 12.4. The van der Waals surface area contributed by atoms with E-state index in [1.165, 1.54) is 5.56 Å². The zero-order valence-corrected chi connectivity index (χ0v) is 14.5. The van der Waals surface area contributed by atoms with E-state index in [2.05, 4.69) is 40.9 Å². The molecule has 0 spiro atoms. The molecular weight excluding hydrogens is 320 g/mol. The lowest BCUT2D eigenvalue weighted by Gasteiger charge is -2.17. The van der Waals surface area contributed by atoms with Crippen molar-refractivity contribution in [3.63, 3.8) is 0 Å². The minimum atomic E-state index is -0.180. The number of hydrogen-bond acceptors (Lipinski definition) is 2. The number of nitrogens with one attached hydrogen (secondary N) is 1. The maximum Gasteiger partial charge on any atom is 0.271 e. The Balaban J connectivity index is 1.49. The summed E-state index contributed by atoms with van der Waals surface area (Å²) < 4.78 is 0. The van der Waals surface area contributed by atoms with Crippen LogP contribution in [0.25, 0.3) is 11.1 Å². The predicted molar refractivity (Wildman–Crippen MR) is 105 cm³/mol. The van der Waals surface area contributed by atoms with Crippen molar-refractivity contribution in [2.24, 2.45) is 5.10 Å². The van der Waals surface area contributed by atoms with E-state index in [1.807, 2.05) is 48.5 Å². The Labute approximate surface area is 153 Å². The average molecular weight is 340 g/mol. The highest BCUT2D eigenvalue weighted by Gasteiger charge is 2.15. The van der Waals surface area contributed by atoms with Crippen LogP contribution in [-0.2, 0) is 6.42 Å². The van der Waals surface area contributed by atoms with Crippen molar-refractivity contribution in [1.82, 2.24) is 5.43 Å². The van der Waals surface area contributed by atoms with Crippen molar-refractivity contribution in [3.8, 4) is 11.1 Å². The van der Waals surface area contributed by atoms with Gasteiger partial charge in [-0.25, -0.2) is 5.43 Å². The highest BCUT2D eigenvalue weighted by Crippen LogP contribution is 2.21. The molecule has 3 aromatic rings. The predicted octanol–water partition coefficient (Wildman–Crippen LogP) is 4.82.